The monoisotopic (exact) mass is 867 g/mol. The SMILES string of the molecule is c1ccc(-c2cccc(N(c3ccc4c(c3)C(c3ccccc3)(c3ccccc3)c3ccccc3-4)c3ccc4oc5c(-c6ccc7ccccc7c6)c6c(cc5c4c3)oc3ccccc36)c2)cc1. The van der Waals surface area contributed by atoms with Crippen molar-refractivity contribution in [1.82, 2.24) is 0 Å². The van der Waals surface area contributed by atoms with Gasteiger partial charge in [0.2, 0.25) is 0 Å². The molecular formula is C65H41NO2. The summed E-state index contributed by atoms with van der Waals surface area (Å²) in [6.45, 7) is 0. The van der Waals surface area contributed by atoms with Crippen LogP contribution in [0.3, 0.4) is 0 Å². The minimum absolute atomic E-state index is 0.552. The van der Waals surface area contributed by atoms with E-state index in [2.05, 4.69) is 248 Å². The Morgan fingerprint density at radius 2 is 0.956 bits per heavy atom. The highest BCUT2D eigenvalue weighted by molar-refractivity contribution is 6.24. The molecule has 0 spiro atoms. The zero-order valence-corrected chi connectivity index (χ0v) is 36.9. The van der Waals surface area contributed by atoms with E-state index in [1.165, 1.54) is 49.7 Å². The summed E-state index contributed by atoms with van der Waals surface area (Å²) >= 11 is 0. The summed E-state index contributed by atoms with van der Waals surface area (Å²) in [5, 5.41) is 6.52. The molecule has 0 saturated heterocycles. The van der Waals surface area contributed by atoms with Crippen molar-refractivity contribution in [2.45, 2.75) is 5.41 Å². The van der Waals surface area contributed by atoms with Gasteiger partial charge in [0.15, 0.2) is 0 Å². The van der Waals surface area contributed by atoms with Crippen LogP contribution in [0, 0.1) is 0 Å². The molecule has 0 aliphatic heterocycles. The highest BCUT2D eigenvalue weighted by Crippen LogP contribution is 2.57. The van der Waals surface area contributed by atoms with E-state index in [1.54, 1.807) is 0 Å². The Kier molecular flexibility index (Phi) is 8.50. The molecule has 68 heavy (non-hydrogen) atoms. The van der Waals surface area contributed by atoms with Gasteiger partial charge in [-0.05, 0) is 122 Å². The molecule has 2 aromatic heterocycles. The summed E-state index contributed by atoms with van der Waals surface area (Å²) in [5.74, 6) is 0. The molecule has 2 heterocycles. The molecule has 0 unspecified atom stereocenters. The molecule has 0 radical (unpaired) electrons. The summed E-state index contributed by atoms with van der Waals surface area (Å²) in [7, 11) is 0. The van der Waals surface area contributed by atoms with E-state index >= 15 is 0 Å². The van der Waals surface area contributed by atoms with Crippen LogP contribution in [-0.4, -0.2) is 0 Å². The number of fused-ring (bicyclic) bond motifs is 10. The first-order valence-electron chi connectivity index (χ1n) is 23.3. The van der Waals surface area contributed by atoms with E-state index in [0.717, 1.165) is 77.6 Å². The second-order valence-corrected chi connectivity index (χ2v) is 18.0. The molecular weight excluding hydrogens is 827 g/mol. The number of rotatable bonds is 7. The van der Waals surface area contributed by atoms with Crippen molar-refractivity contribution < 1.29 is 8.83 Å². The van der Waals surface area contributed by atoms with Gasteiger partial charge < -0.3 is 13.7 Å². The Bertz CT molecular complexity index is 4050. The third kappa shape index (κ3) is 5.72. The van der Waals surface area contributed by atoms with Crippen molar-refractivity contribution in [1.29, 1.82) is 0 Å². The van der Waals surface area contributed by atoms with E-state index in [1.807, 2.05) is 6.07 Å². The highest BCUT2D eigenvalue weighted by Gasteiger charge is 2.46. The number of hydrogen-bond acceptors (Lipinski definition) is 3. The molecule has 3 heteroatoms. The van der Waals surface area contributed by atoms with Crippen molar-refractivity contribution in [3.63, 3.8) is 0 Å². The van der Waals surface area contributed by atoms with E-state index in [4.69, 9.17) is 8.83 Å². The molecule has 14 rings (SSSR count). The average molecular weight is 868 g/mol. The van der Waals surface area contributed by atoms with Gasteiger partial charge in [0.05, 0.1) is 5.41 Å². The first-order valence-corrected chi connectivity index (χ1v) is 23.3. The number of anilines is 3. The molecule has 318 valence electrons. The van der Waals surface area contributed by atoms with Gasteiger partial charge in [0.1, 0.15) is 22.3 Å². The van der Waals surface area contributed by atoms with Crippen LogP contribution in [0.5, 0.6) is 0 Å². The van der Waals surface area contributed by atoms with Crippen molar-refractivity contribution in [3.05, 3.63) is 271 Å². The molecule has 0 saturated carbocycles. The fraction of sp³-hybridized carbons (Fsp3) is 0.0154. The van der Waals surface area contributed by atoms with E-state index in [-0.39, 0.29) is 0 Å². The van der Waals surface area contributed by atoms with Gasteiger partial charge in [-0.25, -0.2) is 0 Å². The fourth-order valence-corrected chi connectivity index (χ4v) is 11.3. The average Bonchev–Trinajstić information content (AvgIpc) is 4.06. The Labute approximate surface area is 393 Å². The van der Waals surface area contributed by atoms with Crippen molar-refractivity contribution >= 4 is 71.7 Å². The summed E-state index contributed by atoms with van der Waals surface area (Å²) in [5.41, 5.74) is 17.8. The summed E-state index contributed by atoms with van der Waals surface area (Å²) in [6, 6.07) is 90.0. The number of furan rings is 2. The first kappa shape index (κ1) is 38.4. The number of para-hydroxylation sites is 1. The topological polar surface area (TPSA) is 29.5 Å². The van der Waals surface area contributed by atoms with Crippen LogP contribution in [0.25, 0.3) is 88.0 Å². The maximum atomic E-state index is 7.06. The van der Waals surface area contributed by atoms with Gasteiger partial charge in [0, 0.05) is 44.2 Å². The summed E-state index contributed by atoms with van der Waals surface area (Å²) in [6.07, 6.45) is 0. The number of hydrogen-bond donors (Lipinski definition) is 0. The lowest BCUT2D eigenvalue weighted by Gasteiger charge is -2.35. The number of nitrogens with zero attached hydrogens (tertiary/aromatic N) is 1. The van der Waals surface area contributed by atoms with E-state index < -0.39 is 5.41 Å². The zero-order valence-electron chi connectivity index (χ0n) is 36.9. The van der Waals surface area contributed by atoms with Crippen molar-refractivity contribution in [2.24, 2.45) is 0 Å². The number of benzene rings is 11. The fourth-order valence-electron chi connectivity index (χ4n) is 11.3. The second-order valence-electron chi connectivity index (χ2n) is 18.0. The van der Waals surface area contributed by atoms with Gasteiger partial charge in [0.25, 0.3) is 0 Å². The van der Waals surface area contributed by atoms with Gasteiger partial charge >= 0.3 is 0 Å². The maximum absolute atomic E-state index is 7.06. The van der Waals surface area contributed by atoms with E-state index in [9.17, 15) is 0 Å². The molecule has 1 aliphatic rings. The van der Waals surface area contributed by atoms with Gasteiger partial charge in [-0.3, -0.25) is 0 Å². The molecule has 0 fully saturated rings. The molecule has 0 N–H and O–H groups in total. The predicted molar refractivity (Wildman–Crippen MR) is 281 cm³/mol. The lowest BCUT2D eigenvalue weighted by molar-refractivity contribution is 0.664. The Morgan fingerprint density at radius 1 is 0.324 bits per heavy atom. The predicted octanol–water partition coefficient (Wildman–Crippen LogP) is 17.8. The Balaban J connectivity index is 1.03. The van der Waals surface area contributed by atoms with Gasteiger partial charge in [-0.2, -0.15) is 0 Å². The van der Waals surface area contributed by atoms with Crippen LogP contribution in [0.1, 0.15) is 22.3 Å². The second kappa shape index (κ2) is 15.1. The molecule has 0 bridgehead atoms. The molecule has 11 aromatic carbocycles. The summed E-state index contributed by atoms with van der Waals surface area (Å²) in [4.78, 5) is 2.42. The highest BCUT2D eigenvalue weighted by atomic mass is 16.3. The molecule has 0 amide bonds. The minimum atomic E-state index is -0.552. The van der Waals surface area contributed by atoms with Gasteiger partial charge in [-0.1, -0.05) is 188 Å². The third-order valence-corrected chi connectivity index (χ3v) is 14.3. The third-order valence-electron chi connectivity index (χ3n) is 14.3. The minimum Gasteiger partial charge on any atom is -0.456 e. The largest absolute Gasteiger partial charge is 0.456 e. The normalized spacial score (nSPS) is 12.8. The Hall–Kier alpha value is -8.92. The van der Waals surface area contributed by atoms with Crippen LogP contribution in [0.15, 0.2) is 258 Å². The maximum Gasteiger partial charge on any atom is 0.144 e. The lowest BCUT2D eigenvalue weighted by atomic mass is 9.67. The van der Waals surface area contributed by atoms with Crippen LogP contribution >= 0.6 is 0 Å². The quantitative estimate of drug-likeness (QED) is 0.160. The smallest absolute Gasteiger partial charge is 0.144 e. The van der Waals surface area contributed by atoms with Crippen LogP contribution < -0.4 is 4.90 Å². The molecule has 3 nitrogen and oxygen atoms in total. The van der Waals surface area contributed by atoms with Crippen LogP contribution in [-0.2, 0) is 5.41 Å². The Morgan fingerprint density at radius 3 is 1.78 bits per heavy atom. The summed E-state index contributed by atoms with van der Waals surface area (Å²) < 4.78 is 13.8. The van der Waals surface area contributed by atoms with Crippen LogP contribution in [0.4, 0.5) is 17.1 Å². The lowest BCUT2D eigenvalue weighted by Crippen LogP contribution is -2.28. The zero-order chi connectivity index (χ0) is 44.8. The standard InChI is InChI=1S/C65H41NO2/c1-4-17-42(18-5-1)45-21-16-26-49(38-45)66(51-33-35-53-52-27-12-14-29-57(52)65(58(53)40-51,47-22-6-2-7-23-47)48-24-8-3-9-25-48)50-34-36-60-55(39-50)56-41-61-63(54-28-13-15-30-59(54)67-61)62(64(56)68-60)46-32-31-43-19-10-11-20-44(43)37-46/h1-41H. The van der Waals surface area contributed by atoms with Gasteiger partial charge in [-0.15, -0.1) is 0 Å². The van der Waals surface area contributed by atoms with E-state index in [0.29, 0.717) is 0 Å². The van der Waals surface area contributed by atoms with Crippen LogP contribution in [0.2, 0.25) is 0 Å². The van der Waals surface area contributed by atoms with Crippen molar-refractivity contribution in [2.75, 3.05) is 4.90 Å². The molecule has 1 aliphatic carbocycles. The molecule has 13 aromatic rings. The first-order chi connectivity index (χ1) is 33.7. The van der Waals surface area contributed by atoms with Crippen molar-refractivity contribution in [3.8, 4) is 33.4 Å². The molecule has 0 atom stereocenters.